The van der Waals surface area contributed by atoms with E-state index in [1.165, 1.54) is 5.56 Å². The van der Waals surface area contributed by atoms with E-state index in [1.807, 2.05) is 11.8 Å². The molecule has 5 heteroatoms. The molecule has 2 heterocycles. The van der Waals surface area contributed by atoms with Crippen LogP contribution < -0.4 is 10.6 Å². The second kappa shape index (κ2) is 6.30. The maximum Gasteiger partial charge on any atom is 0.225 e. The number of para-hydroxylation sites is 1. The molecular weight excluding hydrogens is 312 g/mol. The normalized spacial score (nSPS) is 19.3. The van der Waals surface area contributed by atoms with E-state index in [-0.39, 0.29) is 6.04 Å². The lowest BCUT2D eigenvalue weighted by molar-refractivity contribution is -0.132. The summed E-state index contributed by atoms with van der Waals surface area (Å²) in [5, 5.41) is 1.14. The van der Waals surface area contributed by atoms with Crippen molar-refractivity contribution in [2.24, 2.45) is 11.7 Å². The Labute approximate surface area is 148 Å². The van der Waals surface area contributed by atoms with Crippen molar-refractivity contribution in [2.45, 2.75) is 32.7 Å². The fraction of sp³-hybridized carbons (Fsp3) is 0.500. The van der Waals surface area contributed by atoms with Gasteiger partial charge in [0, 0.05) is 49.1 Å². The molecule has 1 saturated carbocycles. The number of aryl methyl sites for hydroxylation is 1. The van der Waals surface area contributed by atoms with Crippen LogP contribution in [0.5, 0.6) is 0 Å². The van der Waals surface area contributed by atoms with Gasteiger partial charge in [0.1, 0.15) is 5.82 Å². The molecule has 4 rings (SSSR count). The number of carbonyl (C=O) groups is 1. The summed E-state index contributed by atoms with van der Waals surface area (Å²) in [4.78, 5) is 21.6. The second-order valence-electron chi connectivity index (χ2n) is 7.42. The van der Waals surface area contributed by atoms with E-state index in [9.17, 15) is 4.79 Å². The van der Waals surface area contributed by atoms with Crippen molar-refractivity contribution in [3.63, 3.8) is 0 Å². The number of amides is 1. The molecule has 0 bridgehead atoms. The summed E-state index contributed by atoms with van der Waals surface area (Å²) in [7, 11) is 0. The quantitative estimate of drug-likeness (QED) is 0.934. The zero-order valence-electron chi connectivity index (χ0n) is 15.0. The largest absolute Gasteiger partial charge is 0.353 e. The lowest BCUT2D eigenvalue weighted by Crippen LogP contribution is -2.49. The molecule has 1 saturated heterocycles. The van der Waals surface area contributed by atoms with E-state index >= 15 is 0 Å². The van der Waals surface area contributed by atoms with E-state index in [0.29, 0.717) is 11.8 Å². The summed E-state index contributed by atoms with van der Waals surface area (Å²) in [6, 6.07) is 8.36. The Hall–Kier alpha value is -2.14. The van der Waals surface area contributed by atoms with Gasteiger partial charge in [-0.2, -0.15) is 0 Å². The van der Waals surface area contributed by atoms with Crippen LogP contribution in [0.15, 0.2) is 24.3 Å². The molecule has 2 aromatic rings. The Morgan fingerprint density at radius 1 is 1.24 bits per heavy atom. The molecule has 1 amide bonds. The molecule has 5 nitrogen and oxygen atoms in total. The predicted molar refractivity (Wildman–Crippen MR) is 101 cm³/mol. The van der Waals surface area contributed by atoms with Crippen LogP contribution in [0.4, 0.5) is 5.82 Å². The van der Waals surface area contributed by atoms with Gasteiger partial charge in [-0.1, -0.05) is 18.2 Å². The SMILES string of the molecule is Cc1cccc2cc([C@H](C)N)c(N3CCN(C(=O)C4CC4)CC3)nc12. The summed E-state index contributed by atoms with van der Waals surface area (Å²) >= 11 is 0. The number of rotatable bonds is 3. The lowest BCUT2D eigenvalue weighted by atomic mass is 10.0. The van der Waals surface area contributed by atoms with Crippen LogP contribution in [0, 0.1) is 12.8 Å². The molecule has 1 atom stereocenters. The summed E-state index contributed by atoms with van der Waals surface area (Å²) < 4.78 is 0. The van der Waals surface area contributed by atoms with E-state index in [0.717, 1.165) is 61.3 Å². The Kier molecular flexibility index (Phi) is 4.12. The number of benzene rings is 1. The molecule has 25 heavy (non-hydrogen) atoms. The molecular formula is C20H26N4O. The Morgan fingerprint density at radius 3 is 2.60 bits per heavy atom. The van der Waals surface area contributed by atoms with Gasteiger partial charge in [0.2, 0.25) is 5.91 Å². The number of anilines is 1. The molecule has 2 N–H and O–H groups in total. The first-order valence-corrected chi connectivity index (χ1v) is 9.24. The fourth-order valence-electron chi connectivity index (χ4n) is 3.67. The van der Waals surface area contributed by atoms with Gasteiger partial charge in [-0.05, 0) is 38.3 Å². The molecule has 2 aliphatic rings. The molecule has 1 aromatic carbocycles. The highest BCUT2D eigenvalue weighted by molar-refractivity contribution is 5.85. The van der Waals surface area contributed by atoms with Crippen molar-refractivity contribution in [3.8, 4) is 0 Å². The van der Waals surface area contributed by atoms with Gasteiger partial charge in [0.05, 0.1) is 5.52 Å². The van der Waals surface area contributed by atoms with Crippen LogP contribution >= 0.6 is 0 Å². The monoisotopic (exact) mass is 338 g/mol. The molecule has 0 unspecified atom stereocenters. The maximum absolute atomic E-state index is 12.3. The first kappa shape index (κ1) is 16.3. The number of aromatic nitrogens is 1. The third kappa shape index (κ3) is 3.09. The van der Waals surface area contributed by atoms with Gasteiger partial charge in [-0.15, -0.1) is 0 Å². The van der Waals surface area contributed by atoms with Crippen molar-refractivity contribution >= 4 is 22.6 Å². The highest BCUT2D eigenvalue weighted by Crippen LogP contribution is 2.33. The summed E-state index contributed by atoms with van der Waals surface area (Å²) in [6.07, 6.45) is 2.14. The van der Waals surface area contributed by atoms with Gasteiger partial charge in [0.15, 0.2) is 0 Å². The van der Waals surface area contributed by atoms with Crippen LogP contribution in [0.25, 0.3) is 10.9 Å². The van der Waals surface area contributed by atoms with Gasteiger partial charge in [-0.3, -0.25) is 4.79 Å². The van der Waals surface area contributed by atoms with Crippen molar-refractivity contribution in [1.82, 2.24) is 9.88 Å². The smallest absolute Gasteiger partial charge is 0.225 e. The Morgan fingerprint density at radius 2 is 1.96 bits per heavy atom. The van der Waals surface area contributed by atoms with E-state index in [4.69, 9.17) is 10.7 Å². The summed E-state index contributed by atoms with van der Waals surface area (Å²) in [6.45, 7) is 7.31. The zero-order chi connectivity index (χ0) is 17.6. The van der Waals surface area contributed by atoms with Crippen molar-refractivity contribution in [2.75, 3.05) is 31.1 Å². The first-order chi connectivity index (χ1) is 12.0. The van der Waals surface area contributed by atoms with Crippen molar-refractivity contribution in [1.29, 1.82) is 0 Å². The fourth-order valence-corrected chi connectivity index (χ4v) is 3.67. The van der Waals surface area contributed by atoms with Crippen LogP contribution in [-0.4, -0.2) is 42.0 Å². The minimum atomic E-state index is -0.0708. The lowest BCUT2D eigenvalue weighted by Gasteiger charge is -2.37. The van der Waals surface area contributed by atoms with Gasteiger partial charge < -0.3 is 15.5 Å². The highest BCUT2D eigenvalue weighted by Gasteiger charge is 2.35. The average molecular weight is 338 g/mol. The summed E-state index contributed by atoms with van der Waals surface area (Å²) in [5.74, 6) is 1.62. The number of nitrogens with zero attached hydrogens (tertiary/aromatic N) is 3. The van der Waals surface area contributed by atoms with Crippen LogP contribution in [0.1, 0.15) is 36.9 Å². The predicted octanol–water partition coefficient (Wildman–Crippen LogP) is 2.62. The number of carbonyl (C=O) groups excluding carboxylic acids is 1. The van der Waals surface area contributed by atoms with Crippen LogP contribution in [0.3, 0.4) is 0 Å². The van der Waals surface area contributed by atoms with Crippen LogP contribution in [0.2, 0.25) is 0 Å². The number of fused-ring (bicyclic) bond motifs is 1. The highest BCUT2D eigenvalue weighted by atomic mass is 16.2. The number of piperazine rings is 1. The average Bonchev–Trinajstić information content (AvgIpc) is 3.46. The standard InChI is InChI=1S/C20H26N4O/c1-13-4-3-5-16-12-17(14(2)21)19(22-18(13)16)23-8-10-24(11-9-23)20(25)15-6-7-15/h3-5,12,14-15H,6-11,21H2,1-2H3/t14-/m0/s1. The van der Waals surface area contributed by atoms with E-state index in [1.54, 1.807) is 0 Å². The molecule has 2 fully saturated rings. The molecule has 0 spiro atoms. The third-order valence-corrected chi connectivity index (χ3v) is 5.36. The number of hydrogen-bond acceptors (Lipinski definition) is 4. The molecule has 1 aromatic heterocycles. The van der Waals surface area contributed by atoms with Gasteiger partial charge >= 0.3 is 0 Å². The topological polar surface area (TPSA) is 62.5 Å². The van der Waals surface area contributed by atoms with Crippen molar-refractivity contribution < 1.29 is 4.79 Å². The maximum atomic E-state index is 12.3. The van der Waals surface area contributed by atoms with Crippen molar-refractivity contribution in [3.05, 3.63) is 35.4 Å². The first-order valence-electron chi connectivity index (χ1n) is 9.24. The van der Waals surface area contributed by atoms with Gasteiger partial charge in [-0.25, -0.2) is 4.98 Å². The Bertz CT molecular complexity index is 805. The van der Waals surface area contributed by atoms with E-state index in [2.05, 4.69) is 36.1 Å². The number of pyridine rings is 1. The van der Waals surface area contributed by atoms with Gasteiger partial charge in [0.25, 0.3) is 0 Å². The second-order valence-corrected chi connectivity index (χ2v) is 7.42. The number of hydrogen-bond donors (Lipinski definition) is 1. The zero-order valence-corrected chi connectivity index (χ0v) is 15.0. The summed E-state index contributed by atoms with van der Waals surface area (Å²) in [5.41, 5.74) is 9.54. The molecule has 132 valence electrons. The molecule has 1 aliphatic heterocycles. The number of nitrogens with two attached hydrogens (primary N) is 1. The molecule has 1 aliphatic carbocycles. The minimum Gasteiger partial charge on any atom is -0.353 e. The molecule has 0 radical (unpaired) electrons. The Balaban J connectivity index is 1.63. The van der Waals surface area contributed by atoms with E-state index < -0.39 is 0 Å². The van der Waals surface area contributed by atoms with Crippen LogP contribution in [-0.2, 0) is 4.79 Å². The third-order valence-electron chi connectivity index (χ3n) is 5.36. The minimum absolute atomic E-state index is 0.0708.